The fraction of sp³-hybridized carbons (Fsp3) is 0.440. The molecule has 5 heteroatoms. The molecule has 0 saturated heterocycles. The molecule has 0 fully saturated rings. The molecule has 2 aromatic rings. The first-order valence-corrected chi connectivity index (χ1v) is 11.0. The normalized spacial score (nSPS) is 12.0. The lowest BCUT2D eigenvalue weighted by Crippen LogP contribution is -2.50. The molecule has 0 aliphatic carbocycles. The number of nitrogens with zero attached hydrogens (tertiary/aromatic N) is 1. The molecule has 0 aromatic heterocycles. The molecule has 0 aliphatic heterocycles. The van der Waals surface area contributed by atoms with Crippen molar-refractivity contribution in [3.63, 3.8) is 0 Å². The van der Waals surface area contributed by atoms with Gasteiger partial charge in [0.1, 0.15) is 6.04 Å². The molecular formula is C25H33ClN2O2. The third-order valence-corrected chi connectivity index (χ3v) is 5.52. The van der Waals surface area contributed by atoms with E-state index in [1.54, 1.807) is 4.90 Å². The Kier molecular flexibility index (Phi) is 8.91. The van der Waals surface area contributed by atoms with Crippen LogP contribution in [0, 0.1) is 19.8 Å². The molecular weight excluding hydrogens is 396 g/mol. The van der Waals surface area contributed by atoms with Gasteiger partial charge in [-0.1, -0.05) is 62.7 Å². The summed E-state index contributed by atoms with van der Waals surface area (Å²) in [7, 11) is 0. The van der Waals surface area contributed by atoms with Gasteiger partial charge in [0.2, 0.25) is 11.8 Å². The Bertz CT molecular complexity index is 862. The van der Waals surface area contributed by atoms with E-state index >= 15 is 0 Å². The maximum Gasteiger partial charge on any atom is 0.242 e. The summed E-state index contributed by atoms with van der Waals surface area (Å²) in [5.41, 5.74) is 4.26. The van der Waals surface area contributed by atoms with E-state index in [2.05, 4.69) is 26.1 Å². The van der Waals surface area contributed by atoms with Crippen molar-refractivity contribution in [2.75, 3.05) is 6.54 Å². The van der Waals surface area contributed by atoms with Crippen LogP contribution in [0.15, 0.2) is 42.5 Å². The molecule has 30 heavy (non-hydrogen) atoms. The zero-order chi connectivity index (χ0) is 22.3. The highest BCUT2D eigenvalue weighted by atomic mass is 35.5. The van der Waals surface area contributed by atoms with Gasteiger partial charge in [-0.2, -0.15) is 0 Å². The Morgan fingerprint density at radius 1 is 1.00 bits per heavy atom. The molecule has 0 radical (unpaired) electrons. The van der Waals surface area contributed by atoms with Crippen molar-refractivity contribution in [3.05, 3.63) is 69.7 Å². The summed E-state index contributed by atoms with van der Waals surface area (Å²) < 4.78 is 0. The second-order valence-corrected chi connectivity index (χ2v) is 8.74. The number of hydrogen-bond donors (Lipinski definition) is 1. The SMILES string of the molecule is CCC(C(=O)NCC(C)C)N(Cc1ccc(Cl)cc1)C(=O)Cc1ccc(C)c(C)c1. The van der Waals surface area contributed by atoms with E-state index < -0.39 is 6.04 Å². The molecule has 162 valence electrons. The van der Waals surface area contributed by atoms with E-state index in [1.807, 2.05) is 56.3 Å². The van der Waals surface area contributed by atoms with E-state index in [1.165, 1.54) is 5.56 Å². The Balaban J connectivity index is 2.27. The second-order valence-electron chi connectivity index (χ2n) is 8.31. The quantitative estimate of drug-likeness (QED) is 0.605. The van der Waals surface area contributed by atoms with E-state index in [9.17, 15) is 9.59 Å². The van der Waals surface area contributed by atoms with Crippen LogP contribution in [0.4, 0.5) is 0 Å². The molecule has 1 atom stereocenters. The van der Waals surface area contributed by atoms with Gasteiger partial charge in [0.25, 0.3) is 0 Å². The highest BCUT2D eigenvalue weighted by Crippen LogP contribution is 2.18. The summed E-state index contributed by atoms with van der Waals surface area (Å²) in [4.78, 5) is 27.9. The third kappa shape index (κ3) is 6.88. The lowest BCUT2D eigenvalue weighted by Gasteiger charge is -2.31. The fourth-order valence-corrected chi connectivity index (χ4v) is 3.44. The molecule has 0 heterocycles. The van der Waals surface area contributed by atoms with Crippen LogP contribution in [0.2, 0.25) is 5.02 Å². The lowest BCUT2D eigenvalue weighted by atomic mass is 10.0. The molecule has 2 aromatic carbocycles. The monoisotopic (exact) mass is 428 g/mol. The van der Waals surface area contributed by atoms with Gasteiger partial charge in [-0.25, -0.2) is 0 Å². The van der Waals surface area contributed by atoms with E-state index in [0.717, 1.165) is 16.7 Å². The van der Waals surface area contributed by atoms with Crippen LogP contribution >= 0.6 is 11.6 Å². The van der Waals surface area contributed by atoms with Crippen LogP contribution in [0.25, 0.3) is 0 Å². The third-order valence-electron chi connectivity index (χ3n) is 5.26. The van der Waals surface area contributed by atoms with Crippen molar-refractivity contribution in [1.82, 2.24) is 10.2 Å². The van der Waals surface area contributed by atoms with Crippen molar-refractivity contribution in [1.29, 1.82) is 0 Å². The number of carbonyl (C=O) groups is 2. The Morgan fingerprint density at radius 3 is 2.20 bits per heavy atom. The van der Waals surface area contributed by atoms with Crippen molar-refractivity contribution < 1.29 is 9.59 Å². The Morgan fingerprint density at radius 2 is 1.63 bits per heavy atom. The fourth-order valence-electron chi connectivity index (χ4n) is 3.32. The minimum Gasteiger partial charge on any atom is -0.354 e. The summed E-state index contributed by atoms with van der Waals surface area (Å²) in [6.45, 7) is 11.1. The van der Waals surface area contributed by atoms with Crippen molar-refractivity contribution in [3.8, 4) is 0 Å². The van der Waals surface area contributed by atoms with Crippen LogP contribution in [0.1, 0.15) is 49.4 Å². The zero-order valence-electron chi connectivity index (χ0n) is 18.7. The lowest BCUT2D eigenvalue weighted by molar-refractivity contribution is -0.141. The topological polar surface area (TPSA) is 49.4 Å². The second kappa shape index (κ2) is 11.2. The number of nitrogens with one attached hydrogen (secondary N) is 1. The molecule has 0 bridgehead atoms. The minimum atomic E-state index is -0.515. The minimum absolute atomic E-state index is 0.0558. The summed E-state index contributed by atoms with van der Waals surface area (Å²) in [5, 5.41) is 3.64. The first kappa shape index (κ1) is 23.9. The van der Waals surface area contributed by atoms with Gasteiger partial charge < -0.3 is 10.2 Å². The maximum atomic E-state index is 13.3. The summed E-state index contributed by atoms with van der Waals surface area (Å²) >= 11 is 6.01. The largest absolute Gasteiger partial charge is 0.354 e. The molecule has 2 amide bonds. The standard InChI is InChI=1S/C25H33ClN2O2/c1-6-23(25(30)27-15-17(2)3)28(16-20-9-11-22(26)12-10-20)24(29)14-21-8-7-18(4)19(5)13-21/h7-13,17,23H,6,14-16H2,1-5H3,(H,27,30). The number of halogens is 1. The van der Waals surface area contributed by atoms with Crippen molar-refractivity contribution in [2.45, 2.75) is 60.0 Å². The molecule has 1 N–H and O–H groups in total. The predicted molar refractivity (Wildman–Crippen MR) is 124 cm³/mol. The van der Waals surface area contributed by atoms with Crippen LogP contribution in [0.5, 0.6) is 0 Å². The van der Waals surface area contributed by atoms with Gasteiger partial charge in [-0.15, -0.1) is 0 Å². The predicted octanol–water partition coefficient (Wildman–Crippen LogP) is 5.08. The van der Waals surface area contributed by atoms with Gasteiger partial charge >= 0.3 is 0 Å². The number of benzene rings is 2. The molecule has 1 unspecified atom stereocenters. The van der Waals surface area contributed by atoms with Gasteiger partial charge in [-0.3, -0.25) is 9.59 Å². The molecule has 4 nitrogen and oxygen atoms in total. The smallest absolute Gasteiger partial charge is 0.242 e. The van der Waals surface area contributed by atoms with E-state index in [-0.39, 0.29) is 18.2 Å². The van der Waals surface area contributed by atoms with Crippen LogP contribution < -0.4 is 5.32 Å². The van der Waals surface area contributed by atoms with Crippen LogP contribution in [-0.2, 0) is 22.6 Å². The molecule has 0 spiro atoms. The van der Waals surface area contributed by atoms with Gasteiger partial charge in [0, 0.05) is 18.1 Å². The molecule has 0 saturated carbocycles. The maximum absolute atomic E-state index is 13.3. The Labute approximate surface area is 185 Å². The van der Waals surface area contributed by atoms with Gasteiger partial charge in [-0.05, 0) is 60.6 Å². The van der Waals surface area contributed by atoms with Gasteiger partial charge in [0.05, 0.1) is 6.42 Å². The Hall–Kier alpha value is -2.33. The summed E-state index contributed by atoms with van der Waals surface area (Å²) in [6, 6.07) is 13.0. The van der Waals surface area contributed by atoms with E-state index in [0.29, 0.717) is 30.5 Å². The van der Waals surface area contributed by atoms with Crippen molar-refractivity contribution in [2.24, 2.45) is 5.92 Å². The first-order valence-electron chi connectivity index (χ1n) is 10.6. The number of hydrogen-bond acceptors (Lipinski definition) is 2. The van der Waals surface area contributed by atoms with Gasteiger partial charge in [0.15, 0.2) is 0 Å². The molecule has 2 rings (SSSR count). The highest BCUT2D eigenvalue weighted by molar-refractivity contribution is 6.30. The number of amides is 2. The number of carbonyl (C=O) groups excluding carboxylic acids is 2. The van der Waals surface area contributed by atoms with Crippen LogP contribution in [0.3, 0.4) is 0 Å². The first-order chi connectivity index (χ1) is 14.2. The highest BCUT2D eigenvalue weighted by Gasteiger charge is 2.28. The zero-order valence-corrected chi connectivity index (χ0v) is 19.4. The average molecular weight is 429 g/mol. The number of aryl methyl sites for hydroxylation is 2. The van der Waals surface area contributed by atoms with E-state index in [4.69, 9.17) is 11.6 Å². The summed E-state index contributed by atoms with van der Waals surface area (Å²) in [5.74, 6) is 0.191. The molecule has 0 aliphatic rings. The number of rotatable bonds is 9. The van der Waals surface area contributed by atoms with Crippen molar-refractivity contribution >= 4 is 23.4 Å². The van der Waals surface area contributed by atoms with Crippen LogP contribution in [-0.4, -0.2) is 29.3 Å². The average Bonchev–Trinajstić information content (AvgIpc) is 2.70. The summed E-state index contributed by atoms with van der Waals surface area (Å²) in [6.07, 6.45) is 0.818.